The van der Waals surface area contributed by atoms with Crippen molar-refractivity contribution in [3.8, 4) is 0 Å². The topological polar surface area (TPSA) is 86.1 Å². The van der Waals surface area contributed by atoms with Gasteiger partial charge in [0, 0.05) is 17.3 Å². The van der Waals surface area contributed by atoms with Crippen LogP contribution in [0.2, 0.25) is 0 Å². The lowest BCUT2D eigenvalue weighted by Gasteiger charge is -2.12. The Kier molecular flexibility index (Phi) is 7.34. The second-order valence-corrected chi connectivity index (χ2v) is 9.26. The third-order valence-corrected chi connectivity index (χ3v) is 6.99. The highest BCUT2D eigenvalue weighted by Crippen LogP contribution is 2.38. The molecule has 0 fully saturated rings. The van der Waals surface area contributed by atoms with Crippen LogP contribution in [-0.4, -0.2) is 39.0 Å². The monoisotopic (exact) mass is 436 g/mol. The Morgan fingerprint density at radius 1 is 1.24 bits per heavy atom. The van der Waals surface area contributed by atoms with Crippen LogP contribution in [0.1, 0.15) is 73.1 Å². The number of nitrogens with one attached hydrogen (secondary N) is 1. The van der Waals surface area contributed by atoms with Gasteiger partial charge in [-0.1, -0.05) is 25.6 Å². The molecule has 0 radical (unpaired) electrons. The number of hydrogen-bond acceptors (Lipinski definition) is 7. The number of thioether (sulfide) groups is 1. The molecule has 1 aliphatic carbocycles. The van der Waals surface area contributed by atoms with E-state index >= 15 is 0 Å². The first-order valence-electron chi connectivity index (χ1n) is 10.1. The summed E-state index contributed by atoms with van der Waals surface area (Å²) in [5.74, 6) is 0.903. The lowest BCUT2D eigenvalue weighted by Crippen LogP contribution is -2.17. The van der Waals surface area contributed by atoms with Crippen LogP contribution in [0, 0.1) is 0 Å². The molecule has 0 aliphatic heterocycles. The molecule has 2 aromatic heterocycles. The minimum atomic E-state index is -0.345. The molecule has 1 amide bonds. The maximum atomic E-state index is 12.6. The molecule has 0 saturated carbocycles. The molecule has 1 aliphatic rings. The Balaban J connectivity index is 1.73. The predicted molar refractivity (Wildman–Crippen MR) is 116 cm³/mol. The van der Waals surface area contributed by atoms with Crippen LogP contribution in [0.25, 0.3) is 0 Å². The second-order valence-electron chi connectivity index (χ2n) is 7.21. The van der Waals surface area contributed by atoms with Gasteiger partial charge in [0.05, 0.1) is 17.9 Å². The summed E-state index contributed by atoms with van der Waals surface area (Å²) in [7, 11) is 0. The number of ether oxygens (including phenoxy) is 1. The molecule has 0 atom stereocenters. The molecule has 9 heteroatoms. The molecule has 0 spiro atoms. The van der Waals surface area contributed by atoms with Gasteiger partial charge in [-0.3, -0.25) is 4.79 Å². The molecule has 158 valence electrons. The third kappa shape index (κ3) is 4.83. The summed E-state index contributed by atoms with van der Waals surface area (Å²) in [4.78, 5) is 26.3. The number of thiophene rings is 1. The maximum absolute atomic E-state index is 12.6. The first-order chi connectivity index (χ1) is 14.0. The minimum Gasteiger partial charge on any atom is -0.462 e. The van der Waals surface area contributed by atoms with E-state index in [0.29, 0.717) is 17.2 Å². The summed E-state index contributed by atoms with van der Waals surface area (Å²) in [5, 5.41) is 12.8. The average molecular weight is 437 g/mol. The fourth-order valence-electron chi connectivity index (χ4n) is 3.50. The van der Waals surface area contributed by atoms with Crippen LogP contribution in [0.4, 0.5) is 5.00 Å². The number of esters is 1. The minimum absolute atomic E-state index is 0.157. The molecule has 7 nitrogen and oxygen atoms in total. The Bertz CT molecular complexity index is 889. The van der Waals surface area contributed by atoms with E-state index in [1.165, 1.54) is 28.0 Å². The molecule has 3 rings (SSSR count). The predicted octanol–water partition coefficient (Wildman–Crippen LogP) is 4.27. The van der Waals surface area contributed by atoms with Crippen molar-refractivity contribution in [3.63, 3.8) is 0 Å². The Labute approximate surface area is 179 Å². The van der Waals surface area contributed by atoms with Crippen molar-refractivity contribution < 1.29 is 14.3 Å². The van der Waals surface area contributed by atoms with Crippen molar-refractivity contribution >= 4 is 40.0 Å². The quantitative estimate of drug-likeness (QED) is 0.491. The van der Waals surface area contributed by atoms with Gasteiger partial charge in [-0.2, -0.15) is 0 Å². The largest absolute Gasteiger partial charge is 0.462 e. The normalized spacial score (nSPS) is 13.4. The van der Waals surface area contributed by atoms with Gasteiger partial charge >= 0.3 is 5.97 Å². The smallest absolute Gasteiger partial charge is 0.341 e. The molecule has 0 bridgehead atoms. The number of fused-ring (bicyclic) bond motifs is 1. The van der Waals surface area contributed by atoms with E-state index in [-0.39, 0.29) is 23.5 Å². The fraction of sp³-hybridized carbons (Fsp3) is 0.600. The van der Waals surface area contributed by atoms with Gasteiger partial charge in [0.15, 0.2) is 5.16 Å². The molecule has 2 aromatic rings. The number of amides is 1. The lowest BCUT2D eigenvalue weighted by molar-refractivity contribution is -0.113. The van der Waals surface area contributed by atoms with Crippen molar-refractivity contribution in [3.05, 3.63) is 21.8 Å². The van der Waals surface area contributed by atoms with E-state index in [1.54, 1.807) is 6.92 Å². The number of aryl methyl sites for hydroxylation is 1. The number of hydrogen-bond donors (Lipinski definition) is 1. The van der Waals surface area contributed by atoms with Crippen LogP contribution in [0.15, 0.2) is 5.16 Å². The molecule has 1 N–H and O–H groups in total. The van der Waals surface area contributed by atoms with Crippen molar-refractivity contribution in [1.29, 1.82) is 0 Å². The molecule has 0 aromatic carbocycles. The summed E-state index contributed by atoms with van der Waals surface area (Å²) in [6, 6.07) is 0. The SMILES string of the molecule is CCOC(=O)c1c(NC(=O)CSc2nnc(C(C)C)n2CC)sc2c1CCCC2. The van der Waals surface area contributed by atoms with Crippen LogP contribution in [0.3, 0.4) is 0 Å². The van der Waals surface area contributed by atoms with E-state index in [9.17, 15) is 9.59 Å². The number of carbonyl (C=O) groups excluding carboxylic acids is 2. The van der Waals surface area contributed by atoms with Gasteiger partial charge in [-0.15, -0.1) is 21.5 Å². The maximum Gasteiger partial charge on any atom is 0.341 e. The third-order valence-electron chi connectivity index (χ3n) is 4.81. The van der Waals surface area contributed by atoms with Crippen molar-refractivity contribution in [1.82, 2.24) is 14.8 Å². The van der Waals surface area contributed by atoms with Gasteiger partial charge < -0.3 is 14.6 Å². The van der Waals surface area contributed by atoms with E-state index < -0.39 is 0 Å². The highest BCUT2D eigenvalue weighted by Gasteiger charge is 2.27. The first kappa shape index (κ1) is 21.8. The van der Waals surface area contributed by atoms with Crippen LogP contribution >= 0.6 is 23.1 Å². The summed E-state index contributed by atoms with van der Waals surface area (Å²) in [6.07, 6.45) is 3.99. The number of carbonyl (C=O) groups is 2. The summed E-state index contributed by atoms with van der Waals surface area (Å²) in [6.45, 7) is 9.06. The van der Waals surface area contributed by atoms with E-state index in [2.05, 4.69) is 29.4 Å². The zero-order chi connectivity index (χ0) is 21.0. The first-order valence-corrected chi connectivity index (χ1v) is 11.9. The standard InChI is InChI=1S/C20H28N4O3S2/c1-5-24-17(12(3)4)22-23-20(24)28-11-15(25)21-18-16(19(26)27-6-2)13-9-7-8-10-14(13)29-18/h12H,5-11H2,1-4H3,(H,21,25). The Hall–Kier alpha value is -1.87. The molecule has 29 heavy (non-hydrogen) atoms. The van der Waals surface area contributed by atoms with Gasteiger partial charge in [-0.05, 0) is 45.1 Å². The van der Waals surface area contributed by atoms with E-state index in [1.807, 2.05) is 11.5 Å². The molecular formula is C20H28N4O3S2. The number of nitrogens with zero attached hydrogens (tertiary/aromatic N) is 3. The molecular weight excluding hydrogens is 408 g/mol. The van der Waals surface area contributed by atoms with Gasteiger partial charge in [-0.25, -0.2) is 4.79 Å². The molecule has 2 heterocycles. The summed E-state index contributed by atoms with van der Waals surface area (Å²) in [5.41, 5.74) is 1.60. The zero-order valence-corrected chi connectivity index (χ0v) is 19.0. The highest BCUT2D eigenvalue weighted by atomic mass is 32.2. The van der Waals surface area contributed by atoms with Crippen LogP contribution in [-0.2, 0) is 28.9 Å². The average Bonchev–Trinajstić information content (AvgIpc) is 3.27. The Morgan fingerprint density at radius 3 is 2.69 bits per heavy atom. The van der Waals surface area contributed by atoms with Gasteiger partial charge in [0.2, 0.25) is 5.91 Å². The van der Waals surface area contributed by atoms with E-state index in [0.717, 1.165) is 48.8 Å². The molecule has 0 saturated heterocycles. The van der Waals surface area contributed by atoms with Crippen LogP contribution in [0.5, 0.6) is 0 Å². The number of rotatable bonds is 8. The van der Waals surface area contributed by atoms with Gasteiger partial charge in [0.25, 0.3) is 0 Å². The second kappa shape index (κ2) is 9.75. The summed E-state index contributed by atoms with van der Waals surface area (Å²) >= 11 is 2.87. The molecule has 0 unspecified atom stereocenters. The van der Waals surface area contributed by atoms with Crippen molar-refractivity contribution in [2.45, 2.75) is 71.0 Å². The lowest BCUT2D eigenvalue weighted by atomic mass is 9.95. The van der Waals surface area contributed by atoms with Crippen molar-refractivity contribution in [2.24, 2.45) is 0 Å². The number of aromatic nitrogens is 3. The van der Waals surface area contributed by atoms with Crippen molar-refractivity contribution in [2.75, 3.05) is 17.7 Å². The van der Waals surface area contributed by atoms with Gasteiger partial charge in [0.1, 0.15) is 10.8 Å². The Morgan fingerprint density at radius 2 is 2.00 bits per heavy atom. The van der Waals surface area contributed by atoms with Crippen LogP contribution < -0.4 is 5.32 Å². The number of anilines is 1. The highest BCUT2D eigenvalue weighted by molar-refractivity contribution is 7.99. The fourth-order valence-corrected chi connectivity index (χ4v) is 5.60. The zero-order valence-electron chi connectivity index (χ0n) is 17.4. The van der Waals surface area contributed by atoms with E-state index in [4.69, 9.17) is 4.74 Å². The summed E-state index contributed by atoms with van der Waals surface area (Å²) < 4.78 is 7.29.